The molecule has 0 aliphatic carbocycles. The predicted molar refractivity (Wildman–Crippen MR) is 67.5 cm³/mol. The van der Waals surface area contributed by atoms with Crippen molar-refractivity contribution in [2.45, 2.75) is 6.92 Å². The van der Waals surface area contributed by atoms with Crippen molar-refractivity contribution in [2.24, 2.45) is 11.0 Å². The molecule has 0 saturated carbocycles. The van der Waals surface area contributed by atoms with E-state index in [2.05, 4.69) is 5.10 Å². The number of anilines is 1. The molecule has 1 aromatic rings. The average Bonchev–Trinajstić information content (AvgIpc) is 2.75. The Morgan fingerprint density at radius 2 is 2.32 bits per heavy atom. The van der Waals surface area contributed by atoms with Crippen LogP contribution in [-0.2, 0) is 14.3 Å². The molecule has 0 spiro atoms. The SMILES string of the molecule is CCOC(=O)C1C=NN(c2ccc(Cl)c(F)c2)C1=O. The number of carbonyl (C=O) groups is 2. The first kappa shape index (κ1) is 13.5. The van der Waals surface area contributed by atoms with Crippen LogP contribution in [0.1, 0.15) is 6.92 Å². The van der Waals surface area contributed by atoms with Crippen LogP contribution in [0.3, 0.4) is 0 Å². The lowest BCUT2D eigenvalue weighted by Crippen LogP contribution is -2.32. The molecule has 0 aromatic heterocycles. The first-order valence-electron chi connectivity index (χ1n) is 5.54. The van der Waals surface area contributed by atoms with Gasteiger partial charge in [-0.25, -0.2) is 4.39 Å². The fourth-order valence-corrected chi connectivity index (χ4v) is 1.71. The van der Waals surface area contributed by atoms with Crippen LogP contribution in [-0.4, -0.2) is 24.7 Å². The van der Waals surface area contributed by atoms with Crippen LogP contribution in [0.2, 0.25) is 5.02 Å². The van der Waals surface area contributed by atoms with Crippen LogP contribution in [0.15, 0.2) is 23.3 Å². The van der Waals surface area contributed by atoms with E-state index in [1.54, 1.807) is 6.92 Å². The van der Waals surface area contributed by atoms with Crippen molar-refractivity contribution in [1.82, 2.24) is 0 Å². The van der Waals surface area contributed by atoms with Crippen LogP contribution in [0.5, 0.6) is 0 Å². The first-order chi connectivity index (χ1) is 9.04. The molecule has 100 valence electrons. The third-order valence-electron chi connectivity index (χ3n) is 2.49. The van der Waals surface area contributed by atoms with Crippen molar-refractivity contribution in [3.63, 3.8) is 0 Å². The number of ether oxygens (including phenoxy) is 1. The lowest BCUT2D eigenvalue weighted by Gasteiger charge is -2.14. The molecule has 1 unspecified atom stereocenters. The van der Waals surface area contributed by atoms with E-state index < -0.39 is 23.6 Å². The summed E-state index contributed by atoms with van der Waals surface area (Å²) in [4.78, 5) is 23.5. The second-order valence-corrected chi connectivity index (χ2v) is 4.15. The summed E-state index contributed by atoms with van der Waals surface area (Å²) in [5.74, 6) is -3.01. The Labute approximate surface area is 113 Å². The van der Waals surface area contributed by atoms with Gasteiger partial charge in [0, 0.05) is 12.3 Å². The standard InChI is InChI=1S/C12H10ClFN2O3/c1-2-19-12(18)8-6-15-16(11(8)17)7-3-4-9(13)10(14)5-7/h3-6,8H,2H2,1H3. The molecule has 5 nitrogen and oxygen atoms in total. The van der Waals surface area contributed by atoms with E-state index in [1.165, 1.54) is 18.3 Å². The van der Waals surface area contributed by atoms with Crippen molar-refractivity contribution < 1.29 is 18.7 Å². The maximum absolute atomic E-state index is 13.3. The van der Waals surface area contributed by atoms with Crippen LogP contribution in [0.4, 0.5) is 10.1 Å². The molecule has 1 atom stereocenters. The largest absolute Gasteiger partial charge is 0.465 e. The summed E-state index contributed by atoms with van der Waals surface area (Å²) in [6, 6.07) is 3.83. The van der Waals surface area contributed by atoms with Gasteiger partial charge in [-0.2, -0.15) is 10.1 Å². The van der Waals surface area contributed by atoms with Gasteiger partial charge in [-0.1, -0.05) is 11.6 Å². The molecule has 0 fully saturated rings. The maximum atomic E-state index is 13.3. The van der Waals surface area contributed by atoms with Gasteiger partial charge in [0.15, 0.2) is 5.92 Å². The Morgan fingerprint density at radius 3 is 2.95 bits per heavy atom. The molecule has 0 bridgehead atoms. The summed E-state index contributed by atoms with van der Waals surface area (Å²) in [6.45, 7) is 1.81. The van der Waals surface area contributed by atoms with Gasteiger partial charge in [0.2, 0.25) is 0 Å². The average molecular weight is 285 g/mol. The molecule has 1 aliphatic heterocycles. The fraction of sp³-hybridized carbons (Fsp3) is 0.250. The number of rotatable bonds is 3. The van der Waals surface area contributed by atoms with Gasteiger partial charge >= 0.3 is 5.97 Å². The third kappa shape index (κ3) is 2.58. The molecule has 1 heterocycles. The highest BCUT2D eigenvalue weighted by Gasteiger charge is 2.36. The number of nitrogens with zero attached hydrogens (tertiary/aromatic N) is 2. The van der Waals surface area contributed by atoms with Crippen LogP contribution >= 0.6 is 11.6 Å². The van der Waals surface area contributed by atoms with Crippen molar-refractivity contribution in [3.8, 4) is 0 Å². The van der Waals surface area contributed by atoms with E-state index in [9.17, 15) is 14.0 Å². The Kier molecular flexibility index (Phi) is 3.80. The van der Waals surface area contributed by atoms with Gasteiger partial charge in [0.1, 0.15) is 5.82 Å². The molecule has 2 rings (SSSR count). The number of benzene rings is 1. The Hall–Kier alpha value is -1.95. The maximum Gasteiger partial charge on any atom is 0.324 e. The van der Waals surface area contributed by atoms with Crippen LogP contribution < -0.4 is 5.01 Å². The van der Waals surface area contributed by atoms with E-state index in [0.29, 0.717) is 0 Å². The highest BCUT2D eigenvalue weighted by Crippen LogP contribution is 2.25. The van der Waals surface area contributed by atoms with Crippen molar-refractivity contribution >= 4 is 35.4 Å². The van der Waals surface area contributed by atoms with Crippen LogP contribution in [0, 0.1) is 11.7 Å². The minimum absolute atomic E-state index is 0.0543. The number of hydrogen-bond donors (Lipinski definition) is 0. The minimum atomic E-state index is -1.08. The summed E-state index contributed by atoms with van der Waals surface area (Å²) in [5.41, 5.74) is 0.204. The summed E-state index contributed by atoms with van der Waals surface area (Å²) in [7, 11) is 0. The topological polar surface area (TPSA) is 59.0 Å². The number of halogens is 2. The number of hydrazone groups is 1. The van der Waals surface area contributed by atoms with E-state index >= 15 is 0 Å². The van der Waals surface area contributed by atoms with E-state index in [0.717, 1.165) is 11.1 Å². The zero-order chi connectivity index (χ0) is 14.0. The van der Waals surface area contributed by atoms with Crippen molar-refractivity contribution in [1.29, 1.82) is 0 Å². The molecule has 19 heavy (non-hydrogen) atoms. The molecule has 7 heteroatoms. The molecule has 1 amide bonds. The lowest BCUT2D eigenvalue weighted by atomic mass is 10.1. The van der Waals surface area contributed by atoms with Crippen LogP contribution in [0.25, 0.3) is 0 Å². The third-order valence-corrected chi connectivity index (χ3v) is 2.80. The Morgan fingerprint density at radius 1 is 1.58 bits per heavy atom. The summed E-state index contributed by atoms with van der Waals surface area (Å²) < 4.78 is 18.1. The number of amides is 1. The smallest absolute Gasteiger partial charge is 0.324 e. The molecular formula is C12H10ClFN2O3. The molecule has 1 aliphatic rings. The van der Waals surface area contributed by atoms with Crippen molar-refractivity contribution in [2.75, 3.05) is 11.6 Å². The number of carbonyl (C=O) groups excluding carboxylic acids is 2. The fourth-order valence-electron chi connectivity index (χ4n) is 1.59. The molecule has 0 saturated heterocycles. The minimum Gasteiger partial charge on any atom is -0.465 e. The van der Waals surface area contributed by atoms with Gasteiger partial charge in [0.25, 0.3) is 5.91 Å². The second-order valence-electron chi connectivity index (χ2n) is 3.74. The Balaban J connectivity index is 2.20. The lowest BCUT2D eigenvalue weighted by molar-refractivity contribution is -0.147. The molecular weight excluding hydrogens is 275 g/mol. The summed E-state index contributed by atoms with van der Waals surface area (Å²) in [5, 5.41) is 4.68. The highest BCUT2D eigenvalue weighted by atomic mass is 35.5. The highest BCUT2D eigenvalue weighted by molar-refractivity contribution is 6.30. The van der Waals surface area contributed by atoms with E-state index in [1.807, 2.05) is 0 Å². The van der Waals surface area contributed by atoms with E-state index in [-0.39, 0.29) is 17.3 Å². The second kappa shape index (κ2) is 5.36. The van der Waals surface area contributed by atoms with Gasteiger partial charge in [0.05, 0.1) is 17.3 Å². The molecule has 0 N–H and O–H groups in total. The van der Waals surface area contributed by atoms with Gasteiger partial charge in [-0.15, -0.1) is 0 Å². The molecule has 1 aromatic carbocycles. The van der Waals surface area contributed by atoms with Gasteiger partial charge in [-0.05, 0) is 19.1 Å². The quantitative estimate of drug-likeness (QED) is 0.630. The normalized spacial score (nSPS) is 17.9. The van der Waals surface area contributed by atoms with Crippen molar-refractivity contribution in [3.05, 3.63) is 29.0 Å². The van der Waals surface area contributed by atoms with Gasteiger partial charge < -0.3 is 4.74 Å². The molecule has 0 radical (unpaired) electrons. The number of hydrogen-bond acceptors (Lipinski definition) is 4. The zero-order valence-corrected chi connectivity index (χ0v) is 10.7. The number of esters is 1. The summed E-state index contributed by atoms with van der Waals surface area (Å²) in [6.07, 6.45) is 1.17. The first-order valence-corrected chi connectivity index (χ1v) is 5.92. The van der Waals surface area contributed by atoms with Gasteiger partial charge in [-0.3, -0.25) is 9.59 Å². The zero-order valence-electron chi connectivity index (χ0n) is 9.97. The summed E-state index contributed by atoms with van der Waals surface area (Å²) >= 11 is 5.55. The monoisotopic (exact) mass is 284 g/mol. The predicted octanol–water partition coefficient (Wildman–Crippen LogP) is 1.99. The van der Waals surface area contributed by atoms with E-state index in [4.69, 9.17) is 16.3 Å². The Bertz CT molecular complexity index is 562.